The van der Waals surface area contributed by atoms with Crippen LogP contribution in [-0.4, -0.2) is 14.3 Å². The minimum absolute atomic E-state index is 0.0102. The highest BCUT2D eigenvalue weighted by Crippen LogP contribution is 2.13. The van der Waals surface area contributed by atoms with Crippen molar-refractivity contribution in [2.24, 2.45) is 0 Å². The van der Waals surface area contributed by atoms with Gasteiger partial charge in [-0.3, -0.25) is 10.2 Å². The Hall–Kier alpha value is -2.97. The molecule has 128 valence electrons. The molecule has 8 heteroatoms. The Morgan fingerprint density at radius 3 is 2.44 bits per heavy atom. The number of benzene rings is 2. The summed E-state index contributed by atoms with van der Waals surface area (Å²) >= 11 is 0. The second kappa shape index (κ2) is 6.50. The second-order valence-corrected chi connectivity index (χ2v) is 7.04. The first kappa shape index (κ1) is 16.9. The quantitative estimate of drug-likeness (QED) is 0.546. The van der Waals surface area contributed by atoms with Gasteiger partial charge in [-0.1, -0.05) is 35.9 Å². The summed E-state index contributed by atoms with van der Waals surface area (Å²) in [5.74, 6) is -0.907. The number of fused-ring (bicyclic) bond motifs is 1. The topological polar surface area (TPSA) is 105 Å². The lowest BCUT2D eigenvalue weighted by atomic mass is 10.2. The Labute approximate surface area is 143 Å². The summed E-state index contributed by atoms with van der Waals surface area (Å²) in [6, 6.07) is 14.1. The van der Waals surface area contributed by atoms with Crippen molar-refractivity contribution < 1.29 is 17.6 Å². The number of nitrogens with one attached hydrogen (secondary N) is 2. The third kappa shape index (κ3) is 3.59. The van der Waals surface area contributed by atoms with E-state index in [1.165, 1.54) is 18.2 Å². The van der Waals surface area contributed by atoms with Crippen molar-refractivity contribution >= 4 is 26.9 Å². The summed E-state index contributed by atoms with van der Waals surface area (Å²) in [5.41, 5.74) is 2.10. The fourth-order valence-electron chi connectivity index (χ4n) is 2.18. The largest absolute Gasteiger partial charge is 0.422 e. The maximum atomic E-state index is 12.1. The Morgan fingerprint density at radius 1 is 1.04 bits per heavy atom. The minimum Gasteiger partial charge on any atom is -0.422 e. The van der Waals surface area contributed by atoms with Crippen LogP contribution in [0.25, 0.3) is 11.0 Å². The molecule has 1 aromatic heterocycles. The highest BCUT2D eigenvalue weighted by atomic mass is 32.2. The molecule has 2 N–H and O–H groups in total. The van der Waals surface area contributed by atoms with Crippen LogP contribution in [-0.2, 0) is 10.0 Å². The van der Waals surface area contributed by atoms with E-state index in [0.29, 0.717) is 11.0 Å². The van der Waals surface area contributed by atoms with Crippen LogP contribution in [0.5, 0.6) is 0 Å². The van der Waals surface area contributed by atoms with E-state index in [1.54, 1.807) is 36.4 Å². The molecule has 3 rings (SSSR count). The van der Waals surface area contributed by atoms with Crippen LogP contribution in [0.15, 0.2) is 68.7 Å². The molecule has 0 aliphatic carbocycles. The average molecular weight is 358 g/mol. The van der Waals surface area contributed by atoms with Gasteiger partial charge in [-0.15, -0.1) is 4.83 Å². The van der Waals surface area contributed by atoms with Gasteiger partial charge in [0.05, 0.1) is 4.90 Å². The van der Waals surface area contributed by atoms with Crippen LogP contribution in [0.1, 0.15) is 15.9 Å². The van der Waals surface area contributed by atoms with E-state index in [-0.39, 0.29) is 10.5 Å². The highest BCUT2D eigenvalue weighted by Gasteiger charge is 2.18. The van der Waals surface area contributed by atoms with Gasteiger partial charge in [0.1, 0.15) is 11.1 Å². The van der Waals surface area contributed by atoms with Gasteiger partial charge in [0.25, 0.3) is 15.9 Å². The monoisotopic (exact) mass is 358 g/mol. The lowest BCUT2D eigenvalue weighted by molar-refractivity contribution is 0.0941. The summed E-state index contributed by atoms with van der Waals surface area (Å²) in [7, 11) is -3.95. The van der Waals surface area contributed by atoms with Crippen molar-refractivity contribution in [2.75, 3.05) is 0 Å². The third-order valence-electron chi connectivity index (χ3n) is 3.52. The highest BCUT2D eigenvalue weighted by molar-refractivity contribution is 7.89. The molecule has 0 fully saturated rings. The number of amides is 1. The Kier molecular flexibility index (Phi) is 4.39. The van der Waals surface area contributed by atoms with Crippen molar-refractivity contribution in [2.45, 2.75) is 11.8 Å². The van der Waals surface area contributed by atoms with Crippen LogP contribution in [0.2, 0.25) is 0 Å². The van der Waals surface area contributed by atoms with Crippen LogP contribution in [0.4, 0.5) is 0 Å². The predicted molar refractivity (Wildman–Crippen MR) is 91.5 cm³/mol. The molecular weight excluding hydrogens is 344 g/mol. The Morgan fingerprint density at radius 2 is 1.72 bits per heavy atom. The molecule has 0 saturated carbocycles. The van der Waals surface area contributed by atoms with Gasteiger partial charge >= 0.3 is 5.63 Å². The molecule has 0 radical (unpaired) electrons. The molecule has 0 unspecified atom stereocenters. The SMILES string of the molecule is Cc1ccc(S(=O)(=O)NNC(=O)c2cc3ccccc3oc2=O)cc1. The zero-order valence-corrected chi connectivity index (χ0v) is 14.0. The zero-order valence-electron chi connectivity index (χ0n) is 13.1. The van der Waals surface area contributed by atoms with E-state index in [1.807, 2.05) is 17.2 Å². The summed E-state index contributed by atoms with van der Waals surface area (Å²) in [4.78, 5) is 26.0. The number of sulfonamides is 1. The van der Waals surface area contributed by atoms with Crippen molar-refractivity contribution in [3.63, 3.8) is 0 Å². The first-order valence-corrected chi connectivity index (χ1v) is 8.77. The first-order valence-electron chi connectivity index (χ1n) is 7.28. The Balaban J connectivity index is 1.82. The van der Waals surface area contributed by atoms with Crippen molar-refractivity contribution in [3.05, 3.63) is 76.1 Å². The van der Waals surface area contributed by atoms with Crippen molar-refractivity contribution in [1.29, 1.82) is 0 Å². The molecule has 0 bridgehead atoms. The van der Waals surface area contributed by atoms with Gasteiger partial charge in [-0.05, 0) is 31.2 Å². The number of carbonyl (C=O) groups excluding carboxylic acids is 1. The van der Waals surface area contributed by atoms with E-state index in [4.69, 9.17) is 4.42 Å². The smallest absolute Gasteiger partial charge is 0.349 e. The number of hydrogen-bond acceptors (Lipinski definition) is 5. The van der Waals surface area contributed by atoms with Crippen molar-refractivity contribution in [3.8, 4) is 0 Å². The second-order valence-electron chi connectivity index (χ2n) is 5.36. The predicted octanol–water partition coefficient (Wildman–Crippen LogP) is 1.72. The lowest BCUT2D eigenvalue weighted by Gasteiger charge is -2.08. The molecule has 0 spiro atoms. The zero-order chi connectivity index (χ0) is 18.0. The van der Waals surface area contributed by atoms with Crippen LogP contribution < -0.4 is 15.9 Å². The number of hydrazine groups is 1. The molecule has 1 amide bonds. The van der Waals surface area contributed by atoms with Gasteiger partial charge in [-0.2, -0.15) is 0 Å². The van der Waals surface area contributed by atoms with E-state index in [9.17, 15) is 18.0 Å². The lowest BCUT2D eigenvalue weighted by Crippen LogP contribution is -2.42. The van der Waals surface area contributed by atoms with E-state index in [0.717, 1.165) is 5.56 Å². The maximum Gasteiger partial charge on any atom is 0.349 e. The number of carbonyl (C=O) groups is 1. The van der Waals surface area contributed by atoms with Crippen LogP contribution >= 0.6 is 0 Å². The first-order chi connectivity index (χ1) is 11.9. The summed E-state index contributed by atoms with van der Waals surface area (Å²) < 4.78 is 29.3. The van der Waals surface area contributed by atoms with E-state index >= 15 is 0 Å². The van der Waals surface area contributed by atoms with Gasteiger partial charge in [0.2, 0.25) is 0 Å². The fourth-order valence-corrected chi connectivity index (χ4v) is 3.02. The number of para-hydroxylation sites is 1. The van der Waals surface area contributed by atoms with E-state index in [2.05, 4.69) is 0 Å². The standard InChI is InChI=1S/C17H14N2O5S/c1-11-6-8-13(9-7-11)25(22,23)19-18-16(20)14-10-12-4-2-3-5-15(12)24-17(14)21/h2-10,19H,1H3,(H,18,20). The summed E-state index contributed by atoms with van der Waals surface area (Å²) in [6.07, 6.45) is 0. The van der Waals surface area contributed by atoms with Gasteiger partial charge in [-0.25, -0.2) is 13.2 Å². The van der Waals surface area contributed by atoms with Crippen LogP contribution in [0, 0.1) is 6.92 Å². The molecule has 2 aromatic carbocycles. The molecular formula is C17H14N2O5S. The molecule has 1 heterocycles. The average Bonchev–Trinajstić information content (AvgIpc) is 2.59. The molecule has 0 atom stereocenters. The fraction of sp³-hybridized carbons (Fsp3) is 0.0588. The molecule has 25 heavy (non-hydrogen) atoms. The van der Waals surface area contributed by atoms with E-state index < -0.39 is 21.6 Å². The number of rotatable bonds is 4. The maximum absolute atomic E-state index is 12.1. The molecule has 0 aliphatic heterocycles. The van der Waals surface area contributed by atoms with Gasteiger partial charge < -0.3 is 4.42 Å². The number of hydrogen-bond donors (Lipinski definition) is 2. The van der Waals surface area contributed by atoms with Gasteiger partial charge in [0.15, 0.2) is 0 Å². The molecule has 0 aliphatic rings. The molecule has 0 saturated heterocycles. The van der Waals surface area contributed by atoms with Crippen LogP contribution in [0.3, 0.4) is 0 Å². The summed E-state index contributed by atoms with van der Waals surface area (Å²) in [5, 5.41) is 0.550. The molecule has 3 aromatic rings. The minimum atomic E-state index is -3.95. The summed E-state index contributed by atoms with van der Waals surface area (Å²) in [6.45, 7) is 1.82. The number of aryl methyl sites for hydroxylation is 1. The molecule has 7 nitrogen and oxygen atoms in total. The van der Waals surface area contributed by atoms with Gasteiger partial charge in [0, 0.05) is 5.39 Å². The Bertz CT molecular complexity index is 1100. The normalized spacial score (nSPS) is 11.4. The van der Waals surface area contributed by atoms with Crippen molar-refractivity contribution in [1.82, 2.24) is 10.3 Å². The third-order valence-corrected chi connectivity index (χ3v) is 4.78.